The zero-order chi connectivity index (χ0) is 26.5. The van der Waals surface area contributed by atoms with E-state index in [9.17, 15) is 13.2 Å². The third-order valence-electron chi connectivity index (χ3n) is 7.93. The van der Waals surface area contributed by atoms with Crippen molar-refractivity contribution in [2.45, 2.75) is 62.7 Å². The average Bonchev–Trinajstić information content (AvgIpc) is 3.62. The van der Waals surface area contributed by atoms with Crippen LogP contribution in [0.15, 0.2) is 36.7 Å². The van der Waals surface area contributed by atoms with Crippen molar-refractivity contribution in [3.05, 3.63) is 59.4 Å². The minimum atomic E-state index is -4.57. The number of fused-ring (bicyclic) bond motifs is 1. The number of aromatic amines is 1. The standard InChI is InChI=1S/C27H30F3N7O/c1-16(32-19-8-3-4-9-19)23-25-20(11-21(33-23)27(28,29)30)24(35-36-25)17-6-5-7-18(10-17)26(13-38-14-26)12-22-34-31-15-37(22)2/h5-7,10-11,15-16,19,32H,3-4,8-9,12-14H2,1-2H3,(H,35,36)/t16-/m0/s1. The van der Waals surface area contributed by atoms with Crippen molar-refractivity contribution in [1.29, 1.82) is 0 Å². The van der Waals surface area contributed by atoms with E-state index in [1.807, 2.05) is 42.8 Å². The van der Waals surface area contributed by atoms with Gasteiger partial charge in [0.25, 0.3) is 0 Å². The zero-order valence-corrected chi connectivity index (χ0v) is 21.3. The fraction of sp³-hybridized carbons (Fsp3) is 0.481. The van der Waals surface area contributed by atoms with Crippen LogP contribution in [0.4, 0.5) is 13.2 Å². The van der Waals surface area contributed by atoms with E-state index in [1.54, 1.807) is 6.33 Å². The van der Waals surface area contributed by atoms with Crippen LogP contribution in [0.5, 0.6) is 0 Å². The van der Waals surface area contributed by atoms with E-state index < -0.39 is 11.9 Å². The normalized spacial score (nSPS) is 18.7. The van der Waals surface area contributed by atoms with Crippen molar-refractivity contribution in [1.82, 2.24) is 35.3 Å². The zero-order valence-electron chi connectivity index (χ0n) is 21.3. The molecule has 3 aromatic heterocycles. The number of H-pyrrole nitrogens is 1. The summed E-state index contributed by atoms with van der Waals surface area (Å²) in [6.07, 6.45) is 2.04. The van der Waals surface area contributed by atoms with Crippen molar-refractivity contribution >= 4 is 10.9 Å². The molecule has 4 aromatic rings. The third kappa shape index (κ3) is 4.47. The number of benzene rings is 1. The number of ether oxygens (including phenoxy) is 1. The average molecular weight is 526 g/mol. The largest absolute Gasteiger partial charge is 0.433 e. The van der Waals surface area contributed by atoms with Crippen LogP contribution in [-0.2, 0) is 29.8 Å². The van der Waals surface area contributed by atoms with Gasteiger partial charge in [0, 0.05) is 41.9 Å². The molecule has 1 aliphatic carbocycles. The first-order valence-electron chi connectivity index (χ1n) is 13.0. The molecule has 11 heteroatoms. The highest BCUT2D eigenvalue weighted by Crippen LogP contribution is 2.40. The van der Waals surface area contributed by atoms with Crippen LogP contribution in [0.25, 0.3) is 22.2 Å². The van der Waals surface area contributed by atoms with Gasteiger partial charge in [0.05, 0.1) is 24.4 Å². The molecule has 1 atom stereocenters. The summed E-state index contributed by atoms with van der Waals surface area (Å²) in [6, 6.07) is 8.85. The summed E-state index contributed by atoms with van der Waals surface area (Å²) in [4.78, 5) is 4.06. The summed E-state index contributed by atoms with van der Waals surface area (Å²) in [6.45, 7) is 2.93. The van der Waals surface area contributed by atoms with Gasteiger partial charge >= 0.3 is 6.18 Å². The van der Waals surface area contributed by atoms with Crippen LogP contribution < -0.4 is 5.32 Å². The Kier molecular flexibility index (Phi) is 6.22. The second-order valence-corrected chi connectivity index (χ2v) is 10.6. The molecule has 6 rings (SSSR count). The SMILES string of the molecule is C[C@H](NC1CCCC1)c1nc(C(F)(F)F)cc2c(-c3cccc(C4(Cc5nncn5C)COC4)c3)n[nH]c12. The number of rotatable bonds is 7. The predicted octanol–water partition coefficient (Wildman–Crippen LogP) is 4.88. The Bertz CT molecular complexity index is 1450. The lowest BCUT2D eigenvalue weighted by molar-refractivity contribution is -0.141. The maximum absolute atomic E-state index is 14.0. The Balaban J connectivity index is 1.41. The van der Waals surface area contributed by atoms with Crippen LogP contribution in [0.2, 0.25) is 0 Å². The summed E-state index contributed by atoms with van der Waals surface area (Å²) in [7, 11) is 1.90. The molecule has 2 aliphatic rings. The molecular weight excluding hydrogens is 495 g/mol. The van der Waals surface area contributed by atoms with Crippen molar-refractivity contribution in [3.63, 3.8) is 0 Å². The number of halogens is 3. The lowest BCUT2D eigenvalue weighted by Gasteiger charge is -2.41. The molecule has 1 saturated heterocycles. The van der Waals surface area contributed by atoms with Crippen molar-refractivity contribution in [2.75, 3.05) is 13.2 Å². The molecule has 0 unspecified atom stereocenters. The van der Waals surface area contributed by atoms with Crippen LogP contribution in [0.3, 0.4) is 0 Å². The molecule has 2 N–H and O–H groups in total. The number of aryl methyl sites for hydroxylation is 1. The summed E-state index contributed by atoms with van der Waals surface area (Å²) < 4.78 is 49.4. The van der Waals surface area contributed by atoms with E-state index in [0.29, 0.717) is 41.9 Å². The summed E-state index contributed by atoms with van der Waals surface area (Å²) >= 11 is 0. The van der Waals surface area contributed by atoms with Gasteiger partial charge in [0.1, 0.15) is 23.5 Å². The summed E-state index contributed by atoms with van der Waals surface area (Å²) in [5.74, 6) is 0.846. The Hall–Kier alpha value is -3.31. The maximum Gasteiger partial charge on any atom is 0.433 e. The number of pyridine rings is 1. The molecule has 0 amide bonds. The number of aromatic nitrogens is 6. The molecule has 0 bridgehead atoms. The lowest BCUT2D eigenvalue weighted by atomic mass is 9.75. The van der Waals surface area contributed by atoms with E-state index in [-0.39, 0.29) is 17.5 Å². The minimum absolute atomic E-state index is 0.283. The van der Waals surface area contributed by atoms with Gasteiger partial charge in [-0.2, -0.15) is 18.3 Å². The molecule has 38 heavy (non-hydrogen) atoms. The number of alkyl halides is 3. The van der Waals surface area contributed by atoms with E-state index >= 15 is 0 Å². The lowest BCUT2D eigenvalue weighted by Crippen LogP contribution is -2.49. The topological polar surface area (TPSA) is 93.5 Å². The Morgan fingerprint density at radius 3 is 2.66 bits per heavy atom. The highest BCUT2D eigenvalue weighted by molar-refractivity contribution is 5.94. The fourth-order valence-corrected chi connectivity index (χ4v) is 5.73. The molecule has 4 heterocycles. The van der Waals surface area contributed by atoms with E-state index in [0.717, 1.165) is 48.7 Å². The molecule has 200 valence electrons. The Morgan fingerprint density at radius 2 is 2.00 bits per heavy atom. The smallest absolute Gasteiger partial charge is 0.379 e. The van der Waals surface area contributed by atoms with Gasteiger partial charge < -0.3 is 14.6 Å². The maximum atomic E-state index is 14.0. The van der Waals surface area contributed by atoms with Crippen molar-refractivity contribution < 1.29 is 17.9 Å². The van der Waals surface area contributed by atoms with E-state index in [2.05, 4.69) is 30.7 Å². The van der Waals surface area contributed by atoms with E-state index in [4.69, 9.17) is 4.74 Å². The molecule has 1 saturated carbocycles. The molecule has 1 aromatic carbocycles. The number of hydrogen-bond acceptors (Lipinski definition) is 6. The van der Waals surface area contributed by atoms with Crippen molar-refractivity contribution in [3.8, 4) is 11.3 Å². The monoisotopic (exact) mass is 525 g/mol. The van der Waals surface area contributed by atoms with E-state index in [1.165, 1.54) is 0 Å². The Labute approximate surface area is 218 Å². The van der Waals surface area contributed by atoms with Gasteiger partial charge in [-0.25, -0.2) is 4.98 Å². The molecule has 0 radical (unpaired) electrons. The van der Waals surface area contributed by atoms with Crippen LogP contribution in [0, 0.1) is 0 Å². The minimum Gasteiger partial charge on any atom is -0.379 e. The van der Waals surface area contributed by atoms with Gasteiger partial charge in [0.2, 0.25) is 0 Å². The summed E-state index contributed by atoms with van der Waals surface area (Å²) in [5.41, 5.74) is 1.90. The van der Waals surface area contributed by atoms with Crippen LogP contribution in [-0.4, -0.2) is 49.2 Å². The fourth-order valence-electron chi connectivity index (χ4n) is 5.73. The quantitative estimate of drug-likeness (QED) is 0.357. The van der Waals surface area contributed by atoms with Crippen molar-refractivity contribution in [2.24, 2.45) is 7.05 Å². The first kappa shape index (κ1) is 25.0. The van der Waals surface area contributed by atoms with Gasteiger partial charge in [-0.05, 0) is 37.5 Å². The summed E-state index contributed by atoms with van der Waals surface area (Å²) in [5, 5.41) is 19.6. The molecular formula is C27H30F3N7O. The molecule has 1 aliphatic heterocycles. The first-order chi connectivity index (χ1) is 18.2. The second kappa shape index (κ2) is 9.46. The number of nitrogens with one attached hydrogen (secondary N) is 2. The molecule has 2 fully saturated rings. The molecule has 0 spiro atoms. The molecule has 8 nitrogen and oxygen atoms in total. The first-order valence-corrected chi connectivity index (χ1v) is 13.0. The van der Waals surface area contributed by atoms with Crippen LogP contribution >= 0.6 is 0 Å². The number of nitrogens with zero attached hydrogens (tertiary/aromatic N) is 5. The van der Waals surface area contributed by atoms with Gasteiger partial charge in [-0.15, -0.1) is 10.2 Å². The second-order valence-electron chi connectivity index (χ2n) is 10.6. The Morgan fingerprint density at radius 1 is 1.21 bits per heavy atom. The number of hydrogen-bond donors (Lipinski definition) is 2. The highest BCUT2D eigenvalue weighted by atomic mass is 19.4. The van der Waals surface area contributed by atoms with Gasteiger partial charge in [-0.3, -0.25) is 5.10 Å². The highest BCUT2D eigenvalue weighted by Gasteiger charge is 2.42. The predicted molar refractivity (Wildman–Crippen MR) is 135 cm³/mol. The van der Waals surface area contributed by atoms with Gasteiger partial charge in [-0.1, -0.05) is 31.0 Å². The van der Waals surface area contributed by atoms with Crippen LogP contribution in [0.1, 0.15) is 61.4 Å². The van der Waals surface area contributed by atoms with Gasteiger partial charge in [0.15, 0.2) is 0 Å². The third-order valence-corrected chi connectivity index (χ3v) is 7.93.